The SMILES string of the molecule is Cc1nnc(N)nc1C=Cc1ccc(N(C)C)cc1. The van der Waals surface area contributed by atoms with E-state index in [1.807, 2.05) is 33.2 Å². The molecule has 19 heavy (non-hydrogen) atoms. The zero-order valence-corrected chi connectivity index (χ0v) is 11.3. The van der Waals surface area contributed by atoms with Crippen molar-refractivity contribution < 1.29 is 0 Å². The van der Waals surface area contributed by atoms with Crippen LogP contribution in [0.1, 0.15) is 17.0 Å². The summed E-state index contributed by atoms with van der Waals surface area (Å²) in [4.78, 5) is 6.20. The minimum absolute atomic E-state index is 0.188. The first-order chi connectivity index (χ1) is 9.06. The number of nitrogen functional groups attached to an aromatic ring is 1. The van der Waals surface area contributed by atoms with Crippen LogP contribution < -0.4 is 10.6 Å². The lowest BCUT2D eigenvalue weighted by atomic mass is 10.1. The number of benzene rings is 1. The van der Waals surface area contributed by atoms with Crippen LogP contribution in [0.3, 0.4) is 0 Å². The maximum atomic E-state index is 5.53. The molecule has 0 saturated carbocycles. The molecule has 1 aromatic heterocycles. The lowest BCUT2D eigenvalue weighted by molar-refractivity contribution is 0.932. The van der Waals surface area contributed by atoms with Crippen LogP contribution in [0.4, 0.5) is 11.6 Å². The van der Waals surface area contributed by atoms with Gasteiger partial charge in [0, 0.05) is 19.8 Å². The zero-order valence-electron chi connectivity index (χ0n) is 11.3. The number of anilines is 2. The Morgan fingerprint density at radius 3 is 2.37 bits per heavy atom. The predicted molar refractivity (Wildman–Crippen MR) is 78.7 cm³/mol. The number of hydrogen-bond acceptors (Lipinski definition) is 5. The molecule has 0 radical (unpaired) electrons. The smallest absolute Gasteiger partial charge is 0.240 e. The highest BCUT2D eigenvalue weighted by Crippen LogP contribution is 2.14. The van der Waals surface area contributed by atoms with E-state index in [1.165, 1.54) is 5.69 Å². The molecule has 0 amide bonds. The fraction of sp³-hybridized carbons (Fsp3) is 0.214. The topological polar surface area (TPSA) is 67.9 Å². The van der Waals surface area contributed by atoms with Crippen molar-refractivity contribution in [1.29, 1.82) is 0 Å². The first kappa shape index (κ1) is 13.0. The standard InChI is InChI=1S/C14H17N5/c1-10-13(16-14(15)18-17-10)9-6-11-4-7-12(8-5-11)19(2)3/h4-9H,1-3H3,(H2,15,16,18). The van der Waals surface area contributed by atoms with Crippen molar-refractivity contribution in [3.8, 4) is 0 Å². The lowest BCUT2D eigenvalue weighted by Crippen LogP contribution is -2.07. The number of aromatic nitrogens is 3. The Kier molecular flexibility index (Phi) is 3.75. The van der Waals surface area contributed by atoms with Crippen molar-refractivity contribution in [2.45, 2.75) is 6.92 Å². The summed E-state index contributed by atoms with van der Waals surface area (Å²) in [7, 11) is 4.03. The van der Waals surface area contributed by atoms with Crippen LogP contribution in [0.5, 0.6) is 0 Å². The molecule has 5 heteroatoms. The second kappa shape index (κ2) is 5.48. The van der Waals surface area contributed by atoms with Gasteiger partial charge < -0.3 is 10.6 Å². The molecule has 2 aromatic rings. The molecule has 98 valence electrons. The third-order valence-electron chi connectivity index (χ3n) is 2.75. The van der Waals surface area contributed by atoms with Gasteiger partial charge in [0.1, 0.15) is 0 Å². The first-order valence-electron chi connectivity index (χ1n) is 5.98. The van der Waals surface area contributed by atoms with Crippen molar-refractivity contribution in [3.05, 3.63) is 41.2 Å². The van der Waals surface area contributed by atoms with E-state index >= 15 is 0 Å². The van der Waals surface area contributed by atoms with E-state index in [0.29, 0.717) is 0 Å². The Morgan fingerprint density at radius 1 is 1.05 bits per heavy atom. The highest BCUT2D eigenvalue weighted by atomic mass is 15.2. The summed E-state index contributed by atoms with van der Waals surface area (Å²) in [6.07, 6.45) is 3.88. The second-order valence-corrected chi connectivity index (χ2v) is 4.46. The van der Waals surface area contributed by atoms with Crippen LogP contribution in [-0.4, -0.2) is 29.3 Å². The van der Waals surface area contributed by atoms with E-state index in [2.05, 4.69) is 44.3 Å². The molecule has 0 aliphatic heterocycles. The number of rotatable bonds is 3. The fourth-order valence-electron chi connectivity index (χ4n) is 1.62. The van der Waals surface area contributed by atoms with Crippen LogP contribution in [0.25, 0.3) is 12.2 Å². The summed E-state index contributed by atoms with van der Waals surface area (Å²) in [5, 5.41) is 7.64. The zero-order chi connectivity index (χ0) is 13.8. The number of hydrogen-bond donors (Lipinski definition) is 1. The molecule has 2 N–H and O–H groups in total. The first-order valence-corrected chi connectivity index (χ1v) is 5.98. The van der Waals surface area contributed by atoms with Gasteiger partial charge in [-0.2, -0.15) is 0 Å². The molecule has 5 nitrogen and oxygen atoms in total. The van der Waals surface area contributed by atoms with Crippen LogP contribution in [0.2, 0.25) is 0 Å². The van der Waals surface area contributed by atoms with Gasteiger partial charge >= 0.3 is 0 Å². The average molecular weight is 255 g/mol. The van der Waals surface area contributed by atoms with Crippen LogP contribution >= 0.6 is 0 Å². The molecule has 0 atom stereocenters. The largest absolute Gasteiger partial charge is 0.378 e. The third kappa shape index (κ3) is 3.28. The summed E-state index contributed by atoms with van der Waals surface area (Å²) in [6.45, 7) is 1.86. The quantitative estimate of drug-likeness (QED) is 0.908. The van der Waals surface area contributed by atoms with E-state index in [0.717, 1.165) is 17.0 Å². The fourth-order valence-corrected chi connectivity index (χ4v) is 1.62. The Balaban J connectivity index is 2.20. The maximum absolute atomic E-state index is 5.53. The van der Waals surface area contributed by atoms with Gasteiger partial charge in [-0.25, -0.2) is 4.98 Å². The van der Waals surface area contributed by atoms with Crippen molar-refractivity contribution in [1.82, 2.24) is 15.2 Å². The van der Waals surface area contributed by atoms with Gasteiger partial charge in [-0.15, -0.1) is 10.2 Å². The van der Waals surface area contributed by atoms with E-state index < -0.39 is 0 Å². The molecular formula is C14H17N5. The molecule has 0 saturated heterocycles. The average Bonchev–Trinajstić information content (AvgIpc) is 2.40. The van der Waals surface area contributed by atoms with Crippen LogP contribution in [0.15, 0.2) is 24.3 Å². The highest BCUT2D eigenvalue weighted by Gasteiger charge is 1.99. The van der Waals surface area contributed by atoms with Crippen molar-refractivity contribution in [3.63, 3.8) is 0 Å². The molecule has 1 heterocycles. The molecule has 2 rings (SSSR count). The van der Waals surface area contributed by atoms with Gasteiger partial charge in [-0.1, -0.05) is 18.2 Å². The predicted octanol–water partition coefficient (Wildman–Crippen LogP) is 2.00. The molecule has 0 unspecified atom stereocenters. The van der Waals surface area contributed by atoms with Crippen molar-refractivity contribution >= 4 is 23.8 Å². The Labute approximate surface area is 112 Å². The molecule has 0 bridgehead atoms. The summed E-state index contributed by atoms with van der Waals surface area (Å²) in [5.41, 5.74) is 9.29. The third-order valence-corrected chi connectivity index (χ3v) is 2.75. The van der Waals surface area contributed by atoms with Gasteiger partial charge in [-0.05, 0) is 30.7 Å². The summed E-state index contributed by atoms with van der Waals surface area (Å²) in [6, 6.07) is 8.25. The molecule has 0 spiro atoms. The van der Waals surface area contributed by atoms with E-state index in [-0.39, 0.29) is 5.95 Å². The minimum atomic E-state index is 0.188. The number of aryl methyl sites for hydroxylation is 1. The summed E-state index contributed by atoms with van der Waals surface area (Å²) in [5.74, 6) is 0.188. The van der Waals surface area contributed by atoms with Crippen LogP contribution in [-0.2, 0) is 0 Å². The second-order valence-electron chi connectivity index (χ2n) is 4.46. The molecule has 1 aromatic carbocycles. The number of nitrogens with zero attached hydrogens (tertiary/aromatic N) is 4. The Morgan fingerprint density at radius 2 is 1.74 bits per heavy atom. The minimum Gasteiger partial charge on any atom is -0.378 e. The van der Waals surface area contributed by atoms with Gasteiger partial charge in [0.05, 0.1) is 11.4 Å². The highest BCUT2D eigenvalue weighted by molar-refractivity contribution is 5.70. The normalized spacial score (nSPS) is 10.9. The summed E-state index contributed by atoms with van der Waals surface area (Å²) >= 11 is 0. The van der Waals surface area contributed by atoms with Crippen LogP contribution in [0, 0.1) is 6.92 Å². The van der Waals surface area contributed by atoms with Crippen molar-refractivity contribution in [2.75, 3.05) is 24.7 Å². The molecule has 0 aliphatic carbocycles. The maximum Gasteiger partial charge on any atom is 0.240 e. The molecule has 0 aliphatic rings. The molecule has 0 fully saturated rings. The van der Waals surface area contributed by atoms with Gasteiger partial charge in [0.25, 0.3) is 0 Å². The Bertz CT molecular complexity index is 587. The van der Waals surface area contributed by atoms with E-state index in [9.17, 15) is 0 Å². The number of nitrogens with two attached hydrogens (primary N) is 1. The lowest BCUT2D eigenvalue weighted by Gasteiger charge is -2.11. The van der Waals surface area contributed by atoms with Crippen molar-refractivity contribution in [2.24, 2.45) is 0 Å². The summed E-state index contributed by atoms with van der Waals surface area (Å²) < 4.78 is 0. The van der Waals surface area contributed by atoms with E-state index in [1.54, 1.807) is 0 Å². The monoisotopic (exact) mass is 255 g/mol. The Hall–Kier alpha value is -2.43. The van der Waals surface area contributed by atoms with Gasteiger partial charge in [0.2, 0.25) is 5.95 Å². The van der Waals surface area contributed by atoms with E-state index in [4.69, 9.17) is 5.73 Å². The van der Waals surface area contributed by atoms with Gasteiger partial charge in [0.15, 0.2) is 0 Å². The molecular weight excluding hydrogens is 238 g/mol. The van der Waals surface area contributed by atoms with Gasteiger partial charge in [-0.3, -0.25) is 0 Å².